The standard InChI is InChI=1S/C33H38N8O7/c1-3-22(42)36-20-15-21(28(45)27(20)44)41-31-26(24(38-30(40-31)32(47)48)25(29(34)46)37-23(43)4-2)39-33(41)35-16-19(17-11-7-5-8-12-17)18-13-9-6-10-14-18/h5-14,19-21,25,27-28,44-45H,3-4,15-16H2,1-2H3,(H2,34,46)(H,35,39)(H,36,42)(H,37,43)(H,47,48)/t20-,21+,25?,27+,28-/m0/s1. The van der Waals surface area contributed by atoms with Gasteiger partial charge in [-0.15, -0.1) is 0 Å². The van der Waals surface area contributed by atoms with E-state index in [1.54, 1.807) is 13.8 Å². The Morgan fingerprint density at radius 1 is 0.896 bits per heavy atom. The molecule has 1 fully saturated rings. The zero-order valence-electron chi connectivity index (χ0n) is 26.4. The van der Waals surface area contributed by atoms with Crippen molar-refractivity contribution in [3.63, 3.8) is 0 Å². The molecule has 252 valence electrons. The van der Waals surface area contributed by atoms with Gasteiger partial charge in [-0.25, -0.2) is 19.7 Å². The maximum Gasteiger partial charge on any atom is 0.374 e. The van der Waals surface area contributed by atoms with Crippen LogP contribution in [0.15, 0.2) is 60.7 Å². The summed E-state index contributed by atoms with van der Waals surface area (Å²) in [4.78, 5) is 62.6. The van der Waals surface area contributed by atoms with Crippen molar-refractivity contribution in [2.75, 3.05) is 11.9 Å². The Bertz CT molecular complexity index is 1760. The molecule has 3 amide bonds. The minimum absolute atomic E-state index is 0.00240. The molecule has 0 saturated heterocycles. The molecule has 1 aliphatic carbocycles. The van der Waals surface area contributed by atoms with Crippen molar-refractivity contribution in [1.82, 2.24) is 30.2 Å². The van der Waals surface area contributed by atoms with Gasteiger partial charge < -0.3 is 37.0 Å². The van der Waals surface area contributed by atoms with Gasteiger partial charge in [0.15, 0.2) is 11.7 Å². The number of hydrogen-bond acceptors (Lipinski definition) is 10. The smallest absolute Gasteiger partial charge is 0.374 e. The number of rotatable bonds is 13. The number of aliphatic hydroxyl groups is 2. The van der Waals surface area contributed by atoms with E-state index in [1.807, 2.05) is 60.7 Å². The molecule has 2 heterocycles. The molecule has 5 atom stereocenters. The normalized spacial score (nSPS) is 19.6. The van der Waals surface area contributed by atoms with Crippen LogP contribution in [0.1, 0.15) is 78.6 Å². The van der Waals surface area contributed by atoms with Gasteiger partial charge in [0.2, 0.25) is 29.5 Å². The molecule has 5 rings (SSSR count). The quantitative estimate of drug-likeness (QED) is 0.108. The number of carboxylic acid groups (broad SMARTS) is 1. The van der Waals surface area contributed by atoms with E-state index in [0.717, 1.165) is 11.1 Å². The van der Waals surface area contributed by atoms with Crippen LogP contribution in [0.3, 0.4) is 0 Å². The van der Waals surface area contributed by atoms with E-state index in [-0.39, 0.29) is 60.4 Å². The topological polar surface area (TPSA) is 235 Å². The lowest BCUT2D eigenvalue weighted by Crippen LogP contribution is -2.42. The maximum atomic E-state index is 12.7. The molecule has 1 aliphatic rings. The zero-order valence-corrected chi connectivity index (χ0v) is 26.4. The number of aromatic carboxylic acids is 1. The summed E-state index contributed by atoms with van der Waals surface area (Å²) in [7, 11) is 0. The largest absolute Gasteiger partial charge is 0.475 e. The Morgan fingerprint density at radius 3 is 2.04 bits per heavy atom. The number of carbonyl (C=O) groups excluding carboxylic acids is 3. The Labute approximate surface area is 275 Å². The van der Waals surface area contributed by atoms with Gasteiger partial charge in [-0.3, -0.25) is 19.0 Å². The zero-order chi connectivity index (χ0) is 34.5. The molecule has 8 N–H and O–H groups in total. The summed E-state index contributed by atoms with van der Waals surface area (Å²) in [5, 5.41) is 40.8. The van der Waals surface area contributed by atoms with Crippen molar-refractivity contribution in [3.05, 3.63) is 83.3 Å². The summed E-state index contributed by atoms with van der Waals surface area (Å²) in [5.74, 6) is -4.21. The predicted molar refractivity (Wildman–Crippen MR) is 174 cm³/mol. The van der Waals surface area contributed by atoms with Crippen LogP contribution in [0.5, 0.6) is 0 Å². The summed E-state index contributed by atoms with van der Waals surface area (Å²) in [6, 6.07) is 16.1. The van der Waals surface area contributed by atoms with Crippen LogP contribution >= 0.6 is 0 Å². The van der Waals surface area contributed by atoms with Crippen molar-refractivity contribution >= 4 is 40.8 Å². The number of imidazole rings is 1. The highest BCUT2D eigenvalue weighted by molar-refractivity contribution is 5.93. The molecule has 4 aromatic rings. The Balaban J connectivity index is 1.69. The van der Waals surface area contributed by atoms with E-state index in [2.05, 4.69) is 25.9 Å². The number of anilines is 1. The summed E-state index contributed by atoms with van der Waals surface area (Å²) in [5.41, 5.74) is 7.26. The van der Waals surface area contributed by atoms with Crippen LogP contribution in [0, 0.1) is 0 Å². The Kier molecular flexibility index (Phi) is 10.3. The second-order valence-electron chi connectivity index (χ2n) is 11.5. The first-order chi connectivity index (χ1) is 23.0. The number of carboxylic acids is 1. The lowest BCUT2D eigenvalue weighted by atomic mass is 9.91. The second-order valence-corrected chi connectivity index (χ2v) is 11.5. The third-order valence-corrected chi connectivity index (χ3v) is 8.46. The van der Waals surface area contributed by atoms with Gasteiger partial charge in [-0.05, 0) is 17.5 Å². The van der Waals surface area contributed by atoms with Gasteiger partial charge >= 0.3 is 5.97 Å². The van der Waals surface area contributed by atoms with Crippen molar-refractivity contribution in [2.45, 2.75) is 69.4 Å². The van der Waals surface area contributed by atoms with Crippen LogP contribution < -0.4 is 21.7 Å². The van der Waals surface area contributed by atoms with Crippen LogP contribution in [0.25, 0.3) is 11.2 Å². The summed E-state index contributed by atoms with van der Waals surface area (Å²) >= 11 is 0. The molecule has 0 spiro atoms. The first kappa shape index (κ1) is 33.9. The summed E-state index contributed by atoms with van der Waals surface area (Å²) < 4.78 is 1.45. The van der Waals surface area contributed by atoms with Crippen molar-refractivity contribution in [3.8, 4) is 0 Å². The number of primary amides is 1. The molecule has 0 aliphatic heterocycles. The fourth-order valence-electron chi connectivity index (χ4n) is 5.98. The number of hydrogen-bond donors (Lipinski definition) is 7. The second kappa shape index (κ2) is 14.6. The Morgan fingerprint density at radius 2 is 1.50 bits per heavy atom. The highest BCUT2D eigenvalue weighted by atomic mass is 16.4. The van der Waals surface area contributed by atoms with Gasteiger partial charge in [-0.2, -0.15) is 0 Å². The van der Waals surface area contributed by atoms with Gasteiger partial charge in [0.1, 0.15) is 23.4 Å². The Hall–Kier alpha value is -5.41. The fourth-order valence-corrected chi connectivity index (χ4v) is 5.98. The van der Waals surface area contributed by atoms with E-state index < -0.39 is 53.9 Å². The SMILES string of the molecule is CCC(=O)NC(C(N)=O)c1nc(C(=O)O)nc2c1nc(NCC(c1ccccc1)c1ccccc1)n2[C@@H]1C[C@H](NC(=O)CC)[C@@H](O)[C@H]1O. The molecular formula is C33H38N8O7. The van der Waals surface area contributed by atoms with Crippen LogP contribution in [-0.4, -0.2) is 83.3 Å². The summed E-state index contributed by atoms with van der Waals surface area (Å²) in [6.07, 6.45) is -2.63. The number of aromatic nitrogens is 4. The van der Waals surface area contributed by atoms with Crippen molar-refractivity contribution in [2.24, 2.45) is 5.73 Å². The van der Waals surface area contributed by atoms with E-state index in [1.165, 1.54) is 4.57 Å². The molecular weight excluding hydrogens is 620 g/mol. The van der Waals surface area contributed by atoms with Gasteiger partial charge in [0, 0.05) is 25.3 Å². The average Bonchev–Trinajstić information content (AvgIpc) is 3.59. The molecule has 0 bridgehead atoms. The highest BCUT2D eigenvalue weighted by Crippen LogP contribution is 2.38. The highest BCUT2D eigenvalue weighted by Gasteiger charge is 2.45. The number of nitrogens with one attached hydrogen (secondary N) is 3. The molecule has 2 aromatic carbocycles. The number of aliphatic hydroxyl groups excluding tert-OH is 2. The molecule has 1 saturated carbocycles. The summed E-state index contributed by atoms with van der Waals surface area (Å²) in [6.45, 7) is 3.49. The minimum Gasteiger partial charge on any atom is -0.475 e. The fraction of sp³-hybridized carbons (Fsp3) is 0.364. The predicted octanol–water partition coefficient (Wildman–Crippen LogP) is 1.38. The van der Waals surface area contributed by atoms with E-state index in [4.69, 9.17) is 10.7 Å². The molecule has 2 aromatic heterocycles. The first-order valence-electron chi connectivity index (χ1n) is 15.6. The number of carbonyl (C=O) groups is 4. The average molecular weight is 659 g/mol. The molecule has 0 radical (unpaired) electrons. The third-order valence-electron chi connectivity index (χ3n) is 8.46. The van der Waals surface area contributed by atoms with Gasteiger partial charge in [0.05, 0.1) is 12.1 Å². The molecule has 1 unspecified atom stereocenters. The van der Waals surface area contributed by atoms with E-state index in [0.29, 0.717) is 0 Å². The molecule has 48 heavy (non-hydrogen) atoms. The van der Waals surface area contributed by atoms with Crippen molar-refractivity contribution in [1.29, 1.82) is 0 Å². The van der Waals surface area contributed by atoms with E-state index in [9.17, 15) is 34.5 Å². The molecule has 15 heteroatoms. The number of benzene rings is 2. The van der Waals surface area contributed by atoms with Gasteiger partial charge in [-0.1, -0.05) is 74.5 Å². The van der Waals surface area contributed by atoms with Crippen LogP contribution in [0.4, 0.5) is 5.95 Å². The number of nitrogens with zero attached hydrogens (tertiary/aromatic N) is 4. The van der Waals surface area contributed by atoms with E-state index >= 15 is 0 Å². The lowest BCUT2D eigenvalue weighted by molar-refractivity contribution is -0.127. The number of nitrogens with two attached hydrogens (primary N) is 1. The van der Waals surface area contributed by atoms with Crippen LogP contribution in [-0.2, 0) is 14.4 Å². The minimum atomic E-state index is -1.56. The molecule has 15 nitrogen and oxygen atoms in total. The maximum absolute atomic E-state index is 12.7. The van der Waals surface area contributed by atoms with Crippen molar-refractivity contribution < 1.29 is 34.5 Å². The first-order valence-corrected chi connectivity index (χ1v) is 15.6. The lowest BCUT2D eigenvalue weighted by Gasteiger charge is -2.23. The van der Waals surface area contributed by atoms with Gasteiger partial charge in [0.25, 0.3) is 0 Å². The van der Waals surface area contributed by atoms with Crippen LogP contribution in [0.2, 0.25) is 0 Å². The number of amides is 3. The third kappa shape index (κ3) is 6.96. The monoisotopic (exact) mass is 658 g/mol. The number of fused-ring (bicyclic) bond motifs is 1.